The van der Waals surface area contributed by atoms with E-state index in [0.29, 0.717) is 19.0 Å². The van der Waals surface area contributed by atoms with Crippen molar-refractivity contribution in [3.63, 3.8) is 0 Å². The molecule has 2 aliphatic rings. The lowest BCUT2D eigenvalue weighted by atomic mass is 10.2. The van der Waals surface area contributed by atoms with Gasteiger partial charge in [-0.25, -0.2) is 4.79 Å². The van der Waals surface area contributed by atoms with E-state index in [2.05, 4.69) is 10.6 Å². The van der Waals surface area contributed by atoms with Gasteiger partial charge in [-0.2, -0.15) is 13.2 Å². The summed E-state index contributed by atoms with van der Waals surface area (Å²) in [5, 5.41) is 22.2. The van der Waals surface area contributed by atoms with Crippen LogP contribution in [-0.4, -0.2) is 53.0 Å². The third kappa shape index (κ3) is 5.88. The van der Waals surface area contributed by atoms with E-state index in [4.69, 9.17) is 15.0 Å². The molecule has 0 aromatic heterocycles. The number of hydrogen-bond acceptors (Lipinski definition) is 4. The monoisotopic (exact) mass is 284 g/mol. The fourth-order valence-corrected chi connectivity index (χ4v) is 1.45. The maximum absolute atomic E-state index is 11.4. The van der Waals surface area contributed by atoms with Crippen molar-refractivity contribution in [1.82, 2.24) is 10.6 Å². The Morgan fingerprint density at radius 1 is 1.26 bits per heavy atom. The number of amides is 1. The Morgan fingerprint density at radius 3 is 2.11 bits per heavy atom. The third-order valence-corrected chi connectivity index (χ3v) is 2.59. The fraction of sp³-hybridized carbons (Fsp3) is 0.800. The molecule has 6 nitrogen and oxygen atoms in total. The molecule has 0 radical (unpaired) electrons. The van der Waals surface area contributed by atoms with Crippen LogP contribution in [0.25, 0.3) is 0 Å². The molecule has 1 saturated heterocycles. The second kappa shape index (κ2) is 6.20. The first-order valence-electron chi connectivity index (χ1n) is 5.72. The van der Waals surface area contributed by atoms with Crippen LogP contribution in [-0.2, 0) is 9.59 Å². The summed E-state index contributed by atoms with van der Waals surface area (Å²) in [5.41, 5.74) is 0. The summed E-state index contributed by atoms with van der Waals surface area (Å²) in [6.45, 7) is 0.544. The highest BCUT2D eigenvalue weighted by atomic mass is 19.4. The molecule has 1 heterocycles. The zero-order valence-corrected chi connectivity index (χ0v) is 9.91. The van der Waals surface area contributed by atoms with Crippen LogP contribution in [0, 0.1) is 0 Å². The summed E-state index contributed by atoms with van der Waals surface area (Å²) in [7, 11) is 0. The summed E-state index contributed by atoms with van der Waals surface area (Å²) in [5.74, 6) is -2.71. The molecule has 0 bridgehead atoms. The minimum atomic E-state index is -5.08. The summed E-state index contributed by atoms with van der Waals surface area (Å²) in [6.07, 6.45) is -2.65. The summed E-state index contributed by atoms with van der Waals surface area (Å²) < 4.78 is 31.7. The van der Waals surface area contributed by atoms with Crippen LogP contribution in [0.2, 0.25) is 0 Å². The number of carbonyl (C=O) groups excluding carboxylic acids is 1. The second-order valence-corrected chi connectivity index (χ2v) is 4.44. The molecule has 2 atom stereocenters. The molecule has 0 aromatic carbocycles. The van der Waals surface area contributed by atoms with Gasteiger partial charge in [0.25, 0.3) is 0 Å². The molecule has 9 heteroatoms. The largest absolute Gasteiger partial charge is 0.490 e. The van der Waals surface area contributed by atoms with E-state index in [9.17, 15) is 18.0 Å². The SMILES string of the molecule is O=C(NC1CC1)[C@@H]1C[C@@H](O)CN1.O=C(O)C(F)(F)F. The van der Waals surface area contributed by atoms with Crippen LogP contribution in [0.5, 0.6) is 0 Å². The van der Waals surface area contributed by atoms with Gasteiger partial charge in [0.05, 0.1) is 12.1 Å². The summed E-state index contributed by atoms with van der Waals surface area (Å²) >= 11 is 0. The van der Waals surface area contributed by atoms with E-state index in [1.54, 1.807) is 0 Å². The number of rotatable bonds is 2. The van der Waals surface area contributed by atoms with Crippen LogP contribution in [0.1, 0.15) is 19.3 Å². The number of aliphatic carboxylic acids is 1. The van der Waals surface area contributed by atoms with Gasteiger partial charge in [0.1, 0.15) is 0 Å². The molecule has 0 spiro atoms. The molecule has 2 fully saturated rings. The molecular weight excluding hydrogens is 269 g/mol. The lowest BCUT2D eigenvalue weighted by Crippen LogP contribution is -2.41. The molecule has 0 unspecified atom stereocenters. The average Bonchev–Trinajstić information content (AvgIpc) is 2.97. The zero-order valence-electron chi connectivity index (χ0n) is 9.91. The smallest absolute Gasteiger partial charge is 0.475 e. The van der Waals surface area contributed by atoms with Crippen molar-refractivity contribution in [2.45, 2.75) is 43.6 Å². The van der Waals surface area contributed by atoms with Gasteiger partial charge in [0.15, 0.2) is 0 Å². The van der Waals surface area contributed by atoms with Crippen LogP contribution in [0.3, 0.4) is 0 Å². The average molecular weight is 284 g/mol. The van der Waals surface area contributed by atoms with E-state index < -0.39 is 12.1 Å². The highest BCUT2D eigenvalue weighted by Gasteiger charge is 2.38. The Kier molecular flexibility index (Phi) is 5.12. The van der Waals surface area contributed by atoms with Crippen molar-refractivity contribution in [2.75, 3.05) is 6.54 Å². The number of carboxylic acids is 1. The number of halogens is 3. The first kappa shape index (κ1) is 15.7. The predicted molar refractivity (Wildman–Crippen MR) is 57.3 cm³/mol. The quantitative estimate of drug-likeness (QED) is 0.554. The van der Waals surface area contributed by atoms with Crippen molar-refractivity contribution >= 4 is 11.9 Å². The molecular formula is C10H15F3N2O4. The van der Waals surface area contributed by atoms with Gasteiger partial charge in [-0.15, -0.1) is 0 Å². The number of aliphatic hydroxyl groups excluding tert-OH is 1. The van der Waals surface area contributed by atoms with E-state index in [1.165, 1.54) is 0 Å². The molecule has 4 N–H and O–H groups in total. The van der Waals surface area contributed by atoms with Crippen molar-refractivity contribution in [3.8, 4) is 0 Å². The zero-order chi connectivity index (χ0) is 14.6. The molecule has 110 valence electrons. The number of hydrogen-bond donors (Lipinski definition) is 4. The maximum atomic E-state index is 11.4. The second-order valence-electron chi connectivity index (χ2n) is 4.44. The van der Waals surface area contributed by atoms with Gasteiger partial charge >= 0.3 is 12.1 Å². The highest BCUT2D eigenvalue weighted by Crippen LogP contribution is 2.19. The number of aliphatic hydroxyl groups is 1. The molecule has 1 aliphatic carbocycles. The Bertz CT molecular complexity index is 344. The third-order valence-electron chi connectivity index (χ3n) is 2.59. The number of alkyl halides is 3. The lowest BCUT2D eigenvalue weighted by Gasteiger charge is -2.09. The molecule has 1 amide bonds. The Balaban J connectivity index is 0.000000224. The summed E-state index contributed by atoms with van der Waals surface area (Å²) in [4.78, 5) is 20.3. The standard InChI is InChI=1S/C8H14N2O2.C2HF3O2/c11-6-3-7(9-4-6)8(12)10-5-1-2-5;3-2(4,5)1(6)7/h5-7,9,11H,1-4H2,(H,10,12);(H,6,7)/t6-,7+;/m1./s1. The van der Waals surface area contributed by atoms with Gasteiger partial charge in [0.2, 0.25) is 5.91 Å². The first-order chi connectivity index (χ1) is 8.70. The van der Waals surface area contributed by atoms with Crippen LogP contribution in [0.15, 0.2) is 0 Å². The van der Waals surface area contributed by atoms with Crippen molar-refractivity contribution < 1.29 is 33.0 Å². The van der Waals surface area contributed by atoms with E-state index in [-0.39, 0.29) is 18.1 Å². The van der Waals surface area contributed by atoms with Crippen molar-refractivity contribution in [2.24, 2.45) is 0 Å². The summed E-state index contributed by atoms with van der Waals surface area (Å²) in [6, 6.07) is 0.248. The Morgan fingerprint density at radius 2 is 1.79 bits per heavy atom. The van der Waals surface area contributed by atoms with E-state index in [1.807, 2.05) is 0 Å². The van der Waals surface area contributed by atoms with E-state index in [0.717, 1.165) is 12.8 Å². The lowest BCUT2D eigenvalue weighted by molar-refractivity contribution is -0.192. The number of nitrogens with one attached hydrogen (secondary N) is 2. The highest BCUT2D eigenvalue weighted by molar-refractivity contribution is 5.82. The number of carboxylic acid groups (broad SMARTS) is 1. The molecule has 19 heavy (non-hydrogen) atoms. The molecule has 1 saturated carbocycles. The van der Waals surface area contributed by atoms with Crippen molar-refractivity contribution in [1.29, 1.82) is 0 Å². The minimum absolute atomic E-state index is 0.0500. The van der Waals surface area contributed by atoms with Crippen molar-refractivity contribution in [3.05, 3.63) is 0 Å². The normalized spacial score (nSPS) is 26.3. The van der Waals surface area contributed by atoms with Gasteiger partial charge in [-0.1, -0.05) is 0 Å². The Labute approximate surface area is 107 Å². The minimum Gasteiger partial charge on any atom is -0.475 e. The molecule has 1 aliphatic heterocycles. The fourth-order valence-electron chi connectivity index (χ4n) is 1.45. The Hall–Kier alpha value is -1.35. The van der Waals surface area contributed by atoms with Gasteiger partial charge in [-0.3, -0.25) is 4.79 Å². The molecule has 2 rings (SSSR count). The van der Waals surface area contributed by atoms with Gasteiger partial charge < -0.3 is 20.8 Å². The van der Waals surface area contributed by atoms with E-state index >= 15 is 0 Å². The predicted octanol–water partition coefficient (Wildman–Crippen LogP) is -0.379. The van der Waals surface area contributed by atoms with Crippen LogP contribution < -0.4 is 10.6 Å². The van der Waals surface area contributed by atoms with Crippen LogP contribution >= 0.6 is 0 Å². The number of carbonyl (C=O) groups is 2. The first-order valence-corrected chi connectivity index (χ1v) is 5.72. The maximum Gasteiger partial charge on any atom is 0.490 e. The number of β-amino-alcohol motifs (C(OH)–C–C–N with tert-alkyl or cyclic N) is 1. The topological polar surface area (TPSA) is 98.7 Å². The van der Waals surface area contributed by atoms with Gasteiger partial charge in [-0.05, 0) is 19.3 Å². The van der Waals surface area contributed by atoms with Crippen LogP contribution in [0.4, 0.5) is 13.2 Å². The van der Waals surface area contributed by atoms with Gasteiger partial charge in [0, 0.05) is 12.6 Å². The molecule has 0 aromatic rings.